The molecule has 6 nitrogen and oxygen atoms in total. The van der Waals surface area contributed by atoms with Crippen LogP contribution < -0.4 is 4.72 Å². The number of carbonyl (C=O) groups is 1. The second-order valence-corrected chi connectivity index (χ2v) is 9.31. The van der Waals surface area contributed by atoms with E-state index in [9.17, 15) is 17.6 Å². The first kappa shape index (κ1) is 19.8. The van der Waals surface area contributed by atoms with E-state index in [1.54, 1.807) is 5.38 Å². The number of thiazole rings is 1. The van der Waals surface area contributed by atoms with E-state index in [1.165, 1.54) is 12.1 Å². The van der Waals surface area contributed by atoms with Crippen LogP contribution in [0.3, 0.4) is 0 Å². The van der Waals surface area contributed by atoms with Crippen molar-refractivity contribution in [1.29, 1.82) is 0 Å². The normalized spacial score (nSPS) is 15.7. The van der Waals surface area contributed by atoms with Crippen LogP contribution in [0.5, 0.6) is 0 Å². The van der Waals surface area contributed by atoms with E-state index in [0.29, 0.717) is 24.5 Å². The first-order valence-corrected chi connectivity index (χ1v) is 11.2. The molecular weight excluding hydrogens is 389 g/mol. The molecule has 146 valence electrons. The number of hydrogen-bond donors (Lipinski definition) is 1. The van der Waals surface area contributed by atoms with Gasteiger partial charge in [-0.15, -0.1) is 11.3 Å². The third kappa shape index (κ3) is 5.26. The molecule has 0 saturated carbocycles. The number of nitrogens with one attached hydrogen (secondary N) is 1. The number of hydrogen-bond acceptors (Lipinski definition) is 5. The third-order valence-electron chi connectivity index (χ3n) is 4.63. The van der Waals surface area contributed by atoms with Crippen molar-refractivity contribution in [3.05, 3.63) is 41.2 Å². The van der Waals surface area contributed by atoms with Crippen LogP contribution in [0.25, 0.3) is 0 Å². The number of nitrogens with zero attached hydrogens (tertiary/aromatic N) is 2. The van der Waals surface area contributed by atoms with Crippen molar-refractivity contribution in [2.24, 2.45) is 5.92 Å². The average molecular weight is 412 g/mol. The molecule has 9 heteroatoms. The predicted molar refractivity (Wildman–Crippen MR) is 103 cm³/mol. The van der Waals surface area contributed by atoms with Crippen LogP contribution in [0.15, 0.2) is 34.5 Å². The highest BCUT2D eigenvalue weighted by Gasteiger charge is 2.21. The first-order chi connectivity index (χ1) is 12.8. The Kier molecular flexibility index (Phi) is 6.11. The molecule has 2 aromatic rings. The fourth-order valence-electron chi connectivity index (χ4n) is 2.91. The zero-order chi connectivity index (χ0) is 19.4. The molecule has 2 heterocycles. The lowest BCUT2D eigenvalue weighted by Gasteiger charge is -2.30. The van der Waals surface area contributed by atoms with Crippen molar-refractivity contribution in [1.82, 2.24) is 9.88 Å². The van der Waals surface area contributed by atoms with Gasteiger partial charge in [0.05, 0.1) is 10.6 Å². The Morgan fingerprint density at radius 1 is 1.30 bits per heavy atom. The minimum Gasteiger partial charge on any atom is -0.343 e. The quantitative estimate of drug-likeness (QED) is 0.791. The molecule has 1 aromatic heterocycles. The molecule has 1 aliphatic rings. The van der Waals surface area contributed by atoms with Gasteiger partial charge in [-0.05, 0) is 49.4 Å². The number of sulfonamides is 1. The van der Waals surface area contributed by atoms with Crippen LogP contribution in [-0.4, -0.2) is 37.3 Å². The van der Waals surface area contributed by atoms with Crippen molar-refractivity contribution in [2.45, 2.75) is 37.5 Å². The second kappa shape index (κ2) is 8.35. The number of halogens is 1. The van der Waals surface area contributed by atoms with Gasteiger partial charge in [-0.25, -0.2) is 17.8 Å². The Morgan fingerprint density at radius 2 is 1.96 bits per heavy atom. The van der Waals surface area contributed by atoms with Crippen molar-refractivity contribution in [3.8, 4) is 0 Å². The van der Waals surface area contributed by atoms with E-state index in [-0.39, 0.29) is 15.9 Å². The van der Waals surface area contributed by atoms with E-state index >= 15 is 0 Å². The summed E-state index contributed by atoms with van der Waals surface area (Å²) in [5, 5.41) is 1.97. The molecule has 1 amide bonds. The lowest BCUT2D eigenvalue weighted by atomic mass is 9.99. The molecule has 0 radical (unpaired) electrons. The van der Waals surface area contributed by atoms with Crippen molar-refractivity contribution in [3.63, 3.8) is 0 Å². The van der Waals surface area contributed by atoms with Crippen molar-refractivity contribution in [2.75, 3.05) is 17.8 Å². The molecule has 1 fully saturated rings. The monoisotopic (exact) mass is 411 g/mol. The minimum absolute atomic E-state index is 0.0323. The molecule has 1 aliphatic heterocycles. The minimum atomic E-state index is -3.81. The average Bonchev–Trinajstić information content (AvgIpc) is 3.07. The van der Waals surface area contributed by atoms with Gasteiger partial charge in [0.15, 0.2) is 5.13 Å². The lowest BCUT2D eigenvalue weighted by molar-refractivity contribution is -0.132. The van der Waals surface area contributed by atoms with E-state index in [1.807, 2.05) is 4.90 Å². The Morgan fingerprint density at radius 3 is 2.63 bits per heavy atom. The maximum Gasteiger partial charge on any atom is 0.263 e. The summed E-state index contributed by atoms with van der Waals surface area (Å²) in [7, 11) is -3.81. The van der Waals surface area contributed by atoms with Gasteiger partial charge in [0, 0.05) is 24.9 Å². The molecule has 0 unspecified atom stereocenters. The van der Waals surface area contributed by atoms with Gasteiger partial charge in [0.1, 0.15) is 5.82 Å². The topological polar surface area (TPSA) is 79.4 Å². The molecule has 27 heavy (non-hydrogen) atoms. The number of aryl methyl sites for hydroxylation is 1. The molecule has 1 aromatic carbocycles. The number of piperidine rings is 1. The first-order valence-electron chi connectivity index (χ1n) is 8.84. The van der Waals surface area contributed by atoms with Gasteiger partial charge < -0.3 is 4.90 Å². The number of likely N-dealkylation sites (tertiary alicyclic amines) is 1. The zero-order valence-corrected chi connectivity index (χ0v) is 16.7. The predicted octanol–water partition coefficient (Wildman–Crippen LogP) is 3.27. The van der Waals surface area contributed by atoms with E-state index in [4.69, 9.17) is 0 Å². The summed E-state index contributed by atoms with van der Waals surface area (Å²) in [5.74, 6) is 0.283. The molecule has 0 bridgehead atoms. The fraction of sp³-hybridized carbons (Fsp3) is 0.444. The number of amides is 1. The van der Waals surface area contributed by atoms with Crippen LogP contribution in [0.1, 0.15) is 31.9 Å². The van der Waals surface area contributed by atoms with Crippen LogP contribution in [0, 0.1) is 11.7 Å². The summed E-state index contributed by atoms with van der Waals surface area (Å²) in [6.45, 7) is 3.81. The third-order valence-corrected chi connectivity index (χ3v) is 6.92. The van der Waals surface area contributed by atoms with Gasteiger partial charge in [-0.1, -0.05) is 6.92 Å². The Hall–Kier alpha value is -2.00. The number of rotatable bonds is 6. The van der Waals surface area contributed by atoms with Crippen LogP contribution in [0.2, 0.25) is 0 Å². The summed E-state index contributed by atoms with van der Waals surface area (Å²) in [5.41, 5.74) is 0.676. The highest BCUT2D eigenvalue weighted by atomic mass is 32.2. The van der Waals surface area contributed by atoms with Crippen molar-refractivity contribution >= 4 is 32.4 Å². The molecule has 0 spiro atoms. The van der Waals surface area contributed by atoms with Gasteiger partial charge >= 0.3 is 0 Å². The second-order valence-electron chi connectivity index (χ2n) is 6.77. The fourth-order valence-corrected chi connectivity index (χ4v) is 4.90. The number of anilines is 1. The van der Waals surface area contributed by atoms with E-state index in [2.05, 4.69) is 16.6 Å². The summed E-state index contributed by atoms with van der Waals surface area (Å²) in [6, 6.07) is 4.58. The van der Waals surface area contributed by atoms with Gasteiger partial charge in [0.25, 0.3) is 10.0 Å². The molecule has 0 aliphatic carbocycles. The molecule has 1 saturated heterocycles. The summed E-state index contributed by atoms with van der Waals surface area (Å²) in [4.78, 5) is 18.4. The lowest BCUT2D eigenvalue weighted by Crippen LogP contribution is -2.38. The Bertz CT molecular complexity index is 889. The number of benzene rings is 1. The summed E-state index contributed by atoms with van der Waals surface area (Å²) < 4.78 is 39.9. The van der Waals surface area contributed by atoms with Crippen molar-refractivity contribution < 1.29 is 17.6 Å². The van der Waals surface area contributed by atoms with E-state index < -0.39 is 15.8 Å². The maximum atomic E-state index is 13.0. The van der Waals surface area contributed by atoms with Gasteiger partial charge in [-0.2, -0.15) is 0 Å². The number of aromatic nitrogens is 1. The molecular formula is C18H22FN3O3S2. The maximum absolute atomic E-state index is 13.0. The Balaban J connectivity index is 1.55. The largest absolute Gasteiger partial charge is 0.343 e. The van der Waals surface area contributed by atoms with Crippen LogP contribution in [0.4, 0.5) is 9.52 Å². The highest BCUT2D eigenvalue weighted by Crippen LogP contribution is 2.22. The molecule has 1 N–H and O–H groups in total. The number of carbonyl (C=O) groups excluding carboxylic acids is 1. The SMILES string of the molecule is CC1CCN(C(=O)CCc2csc(NS(=O)(=O)c3ccc(F)cc3)n2)CC1. The summed E-state index contributed by atoms with van der Waals surface area (Å²) >= 11 is 1.16. The van der Waals surface area contributed by atoms with Crippen LogP contribution >= 0.6 is 11.3 Å². The Labute approximate surface area is 162 Å². The van der Waals surface area contributed by atoms with Gasteiger partial charge in [-0.3, -0.25) is 9.52 Å². The van der Waals surface area contributed by atoms with Crippen LogP contribution in [-0.2, 0) is 21.2 Å². The highest BCUT2D eigenvalue weighted by molar-refractivity contribution is 7.93. The zero-order valence-electron chi connectivity index (χ0n) is 15.0. The van der Waals surface area contributed by atoms with E-state index in [0.717, 1.165) is 49.4 Å². The molecule has 3 rings (SSSR count). The van der Waals surface area contributed by atoms with Gasteiger partial charge in [0.2, 0.25) is 5.91 Å². The smallest absolute Gasteiger partial charge is 0.263 e. The molecule has 0 atom stereocenters. The standard InChI is InChI=1S/C18H22FN3O3S2/c1-13-8-10-22(11-9-13)17(23)7-4-15-12-26-18(20-15)21-27(24,25)16-5-2-14(19)3-6-16/h2-3,5-6,12-13H,4,7-11H2,1H3,(H,20,21). The summed E-state index contributed by atoms with van der Waals surface area (Å²) in [6.07, 6.45) is 2.91.